The molecule has 10 heteroatoms. The molecule has 0 bridgehead atoms. The average Bonchev–Trinajstić information content (AvgIpc) is 2.68. The summed E-state index contributed by atoms with van der Waals surface area (Å²) in [6.07, 6.45) is 1.57. The van der Waals surface area contributed by atoms with E-state index in [0.717, 1.165) is 28.5 Å². The summed E-state index contributed by atoms with van der Waals surface area (Å²) in [6.45, 7) is 5.94. The third-order valence-corrected chi connectivity index (χ3v) is 4.19. The van der Waals surface area contributed by atoms with Crippen LogP contribution in [0.1, 0.15) is 17.0 Å². The second kappa shape index (κ2) is 10.5. The molecule has 0 radical (unpaired) electrons. The van der Waals surface area contributed by atoms with E-state index in [-0.39, 0.29) is 0 Å². The Labute approximate surface area is 177 Å². The highest BCUT2D eigenvalue weighted by Crippen LogP contribution is 2.30. The zero-order valence-electron chi connectivity index (χ0n) is 16.4. The Morgan fingerprint density at radius 3 is 2.28 bits per heavy atom. The number of hydrogen-bond donors (Lipinski definition) is 3. The van der Waals surface area contributed by atoms with Gasteiger partial charge in [-0.15, -0.1) is 0 Å². The van der Waals surface area contributed by atoms with Crippen molar-refractivity contribution in [3.63, 3.8) is 0 Å². The van der Waals surface area contributed by atoms with Gasteiger partial charge in [0.15, 0.2) is 5.82 Å². The molecule has 152 valence electrons. The molecule has 0 amide bonds. The number of aryl methyl sites for hydroxylation is 3. The highest BCUT2D eigenvalue weighted by molar-refractivity contribution is 7.51. The van der Waals surface area contributed by atoms with Gasteiger partial charge >= 0.3 is 11.6 Å². The Hall–Kier alpha value is -3.04. The molecule has 29 heavy (non-hydrogen) atoms. The largest absolute Gasteiger partial charge is 0.386 e. The normalized spacial score (nSPS) is 9.83. The second-order valence-electron chi connectivity index (χ2n) is 6.09. The van der Waals surface area contributed by atoms with Crippen LogP contribution in [0, 0.1) is 20.8 Å². The molecule has 3 N–H and O–H groups in total. The van der Waals surface area contributed by atoms with Gasteiger partial charge in [0.1, 0.15) is 5.02 Å². The van der Waals surface area contributed by atoms with Gasteiger partial charge in [-0.1, -0.05) is 17.7 Å². The molecule has 0 aliphatic carbocycles. The number of hydrogen-bond acceptors (Lipinski definition) is 8. The lowest BCUT2D eigenvalue weighted by molar-refractivity contribution is 0.630. The maximum absolute atomic E-state index is 8.29. The Morgan fingerprint density at radius 2 is 1.62 bits per heavy atom. The summed E-state index contributed by atoms with van der Waals surface area (Å²) in [5, 5.41) is 10.1. The molecule has 8 nitrogen and oxygen atoms in total. The molecule has 0 aliphatic rings. The van der Waals surface area contributed by atoms with Crippen molar-refractivity contribution in [2.75, 3.05) is 23.0 Å². The summed E-state index contributed by atoms with van der Waals surface area (Å²) in [4.78, 5) is 13.2. The lowest BCUT2D eigenvalue weighted by Crippen LogP contribution is -2.04. The quantitative estimate of drug-likeness (QED) is 0.547. The Balaban J connectivity index is 0.000000941. The fourth-order valence-electron chi connectivity index (χ4n) is 2.56. The third kappa shape index (κ3) is 6.23. The first-order valence-corrected chi connectivity index (χ1v) is 9.63. The molecule has 2 aromatic heterocycles. The Bertz CT molecular complexity index is 1040. The molecule has 0 unspecified atom stereocenters. The molecular formula is C19H21ClN6O2S. The minimum absolute atomic E-state index is 0.442. The molecule has 0 atom stereocenters. The van der Waals surface area contributed by atoms with Crippen molar-refractivity contribution in [1.82, 2.24) is 15.0 Å². The van der Waals surface area contributed by atoms with Crippen LogP contribution in [0.5, 0.6) is 0 Å². The van der Waals surface area contributed by atoms with Gasteiger partial charge in [0.05, 0.1) is 29.0 Å². The zero-order chi connectivity index (χ0) is 21.4. The average molecular weight is 433 g/mol. The van der Waals surface area contributed by atoms with Gasteiger partial charge in [-0.25, -0.2) is 4.98 Å². The van der Waals surface area contributed by atoms with Crippen LogP contribution in [-0.4, -0.2) is 30.4 Å². The number of halogens is 1. The van der Waals surface area contributed by atoms with Gasteiger partial charge in [-0.3, -0.25) is 4.98 Å². The van der Waals surface area contributed by atoms with Crippen LogP contribution in [0.15, 0.2) is 36.5 Å². The molecule has 3 rings (SSSR count). The smallest absolute Gasteiger partial charge is 0.335 e. The summed E-state index contributed by atoms with van der Waals surface area (Å²) in [7, 11) is 1.88. The maximum atomic E-state index is 8.29. The lowest BCUT2D eigenvalue weighted by atomic mass is 10.2. The number of pyridine rings is 1. The first-order valence-electron chi connectivity index (χ1n) is 8.59. The monoisotopic (exact) mass is 432 g/mol. The van der Waals surface area contributed by atoms with Crippen LogP contribution in [0.3, 0.4) is 0 Å². The van der Waals surface area contributed by atoms with E-state index in [1.165, 1.54) is 5.56 Å². The second-order valence-corrected chi connectivity index (χ2v) is 6.64. The minimum atomic E-state index is -0.750. The van der Waals surface area contributed by atoms with E-state index in [9.17, 15) is 0 Å². The highest BCUT2D eigenvalue weighted by Gasteiger charge is 2.10. The fourth-order valence-corrected chi connectivity index (χ4v) is 2.69. The van der Waals surface area contributed by atoms with E-state index < -0.39 is 11.6 Å². The van der Waals surface area contributed by atoms with Crippen LogP contribution in [-0.2, 0) is 11.6 Å². The van der Waals surface area contributed by atoms with Crippen molar-refractivity contribution in [3.8, 4) is 0 Å². The van der Waals surface area contributed by atoms with Crippen molar-refractivity contribution in [2.45, 2.75) is 20.8 Å². The molecule has 0 saturated heterocycles. The summed E-state index contributed by atoms with van der Waals surface area (Å²) in [5.41, 5.74) is 5.72. The molecule has 3 aromatic rings. The fraction of sp³-hybridized carbons (Fsp3) is 0.211. The predicted octanol–water partition coefficient (Wildman–Crippen LogP) is 4.31. The van der Waals surface area contributed by atoms with E-state index in [2.05, 4.69) is 37.0 Å². The third-order valence-electron chi connectivity index (χ3n) is 3.91. The summed E-state index contributed by atoms with van der Waals surface area (Å²) >= 11 is 5.53. The number of rotatable bonds is 5. The molecule has 0 aliphatic heterocycles. The van der Waals surface area contributed by atoms with Crippen molar-refractivity contribution < 1.29 is 8.42 Å². The summed E-state index contributed by atoms with van der Waals surface area (Å²) < 4.78 is 16.6. The van der Waals surface area contributed by atoms with E-state index in [0.29, 0.717) is 16.8 Å². The lowest BCUT2D eigenvalue weighted by Gasteiger charge is -2.14. The van der Waals surface area contributed by atoms with E-state index in [1.807, 2.05) is 52.1 Å². The van der Waals surface area contributed by atoms with E-state index in [1.54, 1.807) is 6.20 Å². The van der Waals surface area contributed by atoms with Crippen molar-refractivity contribution in [1.29, 1.82) is 0 Å². The number of anilines is 5. The van der Waals surface area contributed by atoms with Gasteiger partial charge in [-0.2, -0.15) is 13.4 Å². The highest BCUT2D eigenvalue weighted by atomic mass is 35.5. The van der Waals surface area contributed by atoms with Gasteiger partial charge < -0.3 is 16.0 Å². The van der Waals surface area contributed by atoms with Crippen LogP contribution in [0.2, 0.25) is 5.02 Å². The van der Waals surface area contributed by atoms with E-state index in [4.69, 9.17) is 20.0 Å². The Morgan fingerprint density at radius 1 is 0.931 bits per heavy atom. The Kier molecular flexibility index (Phi) is 8.05. The van der Waals surface area contributed by atoms with Gasteiger partial charge in [0.2, 0.25) is 5.95 Å². The van der Waals surface area contributed by atoms with Crippen molar-refractivity contribution >= 4 is 52.0 Å². The van der Waals surface area contributed by atoms with Crippen molar-refractivity contribution in [2.24, 2.45) is 0 Å². The van der Waals surface area contributed by atoms with Crippen molar-refractivity contribution in [3.05, 3.63) is 58.5 Å². The maximum Gasteiger partial charge on any atom is 0.335 e. The van der Waals surface area contributed by atoms with Crippen LogP contribution in [0.4, 0.5) is 28.8 Å². The minimum Gasteiger partial charge on any atom is -0.386 e. The van der Waals surface area contributed by atoms with Crippen LogP contribution < -0.4 is 16.0 Å². The topological polar surface area (TPSA) is 109 Å². The summed E-state index contributed by atoms with van der Waals surface area (Å²) in [5.74, 6) is 0.978. The standard InChI is InChI=1S/C19H21ClN6.O2S/c1-11-5-7-16(17(9-11)21-4)24-18-14(20)10-22-19(26-18)25-15-8-6-12(2)23-13(15)3;1-3-2/h5-10,21H,1-4H3,(H2,22,24,25,26);. The molecule has 1 aromatic carbocycles. The molecule has 0 spiro atoms. The first kappa shape index (κ1) is 22.3. The number of benzene rings is 1. The van der Waals surface area contributed by atoms with Gasteiger partial charge in [-0.05, 0) is 50.6 Å². The number of aromatic nitrogens is 3. The SMILES string of the molecule is CNc1cc(C)ccc1Nc1nc(Nc2ccc(C)nc2C)ncc1Cl.O=S=O. The zero-order valence-corrected chi connectivity index (χ0v) is 18.0. The first-order chi connectivity index (χ1) is 13.9. The van der Waals surface area contributed by atoms with E-state index >= 15 is 0 Å². The van der Waals surface area contributed by atoms with Crippen LogP contribution >= 0.6 is 11.6 Å². The number of nitrogens with zero attached hydrogens (tertiary/aromatic N) is 3. The van der Waals surface area contributed by atoms with Crippen LogP contribution in [0.25, 0.3) is 0 Å². The molecule has 2 heterocycles. The molecular weight excluding hydrogens is 412 g/mol. The molecule has 0 fully saturated rings. The van der Waals surface area contributed by atoms with Gasteiger partial charge in [0, 0.05) is 12.7 Å². The molecule has 0 saturated carbocycles. The van der Waals surface area contributed by atoms with Gasteiger partial charge in [0.25, 0.3) is 0 Å². The number of nitrogens with one attached hydrogen (secondary N) is 3. The summed E-state index contributed by atoms with van der Waals surface area (Å²) in [6, 6.07) is 9.97. The predicted molar refractivity (Wildman–Crippen MR) is 117 cm³/mol.